The maximum Gasteiger partial charge on any atom is 0.337 e. The van der Waals surface area contributed by atoms with Gasteiger partial charge in [-0.1, -0.05) is 11.6 Å². The molecular formula is C13H17ClN2O3. The minimum absolute atomic E-state index is 0.0884. The van der Waals surface area contributed by atoms with Crippen molar-refractivity contribution in [3.05, 3.63) is 22.8 Å². The van der Waals surface area contributed by atoms with Crippen LogP contribution in [-0.2, 0) is 4.74 Å². The number of carbonyl (C=O) groups is 1. The SMILES string of the molecule is CN(CC1CCOCC1)c1nccc(C(=O)O)c1Cl. The third kappa shape index (κ3) is 3.36. The van der Waals surface area contributed by atoms with Crippen LogP contribution < -0.4 is 4.90 Å². The number of carboxylic acid groups (broad SMARTS) is 1. The molecule has 1 N–H and O–H groups in total. The molecule has 0 atom stereocenters. The Morgan fingerprint density at radius 2 is 2.26 bits per heavy atom. The first kappa shape index (κ1) is 14.1. The smallest absolute Gasteiger partial charge is 0.337 e. The first-order valence-electron chi connectivity index (χ1n) is 6.26. The van der Waals surface area contributed by atoms with Gasteiger partial charge in [-0.3, -0.25) is 0 Å². The third-order valence-electron chi connectivity index (χ3n) is 3.34. The highest BCUT2D eigenvalue weighted by atomic mass is 35.5. The van der Waals surface area contributed by atoms with E-state index in [-0.39, 0.29) is 10.6 Å². The number of pyridine rings is 1. The Bertz CT molecular complexity index is 461. The monoisotopic (exact) mass is 284 g/mol. The molecule has 104 valence electrons. The van der Waals surface area contributed by atoms with E-state index in [1.807, 2.05) is 11.9 Å². The fraction of sp³-hybridized carbons (Fsp3) is 0.538. The molecule has 0 radical (unpaired) electrons. The van der Waals surface area contributed by atoms with E-state index in [9.17, 15) is 4.79 Å². The van der Waals surface area contributed by atoms with Crippen molar-refractivity contribution in [3.8, 4) is 0 Å². The van der Waals surface area contributed by atoms with Crippen LogP contribution in [0.25, 0.3) is 0 Å². The number of ether oxygens (including phenoxy) is 1. The van der Waals surface area contributed by atoms with Crippen LogP contribution in [0, 0.1) is 5.92 Å². The van der Waals surface area contributed by atoms with Crippen LogP contribution in [0.4, 0.5) is 5.82 Å². The van der Waals surface area contributed by atoms with Crippen molar-refractivity contribution >= 4 is 23.4 Å². The fourth-order valence-corrected chi connectivity index (χ4v) is 2.60. The van der Waals surface area contributed by atoms with Crippen molar-refractivity contribution in [1.82, 2.24) is 4.98 Å². The number of carboxylic acids is 1. The second-order valence-electron chi connectivity index (χ2n) is 4.74. The second kappa shape index (κ2) is 6.21. The van der Waals surface area contributed by atoms with Crippen LogP contribution >= 0.6 is 11.6 Å². The number of aromatic nitrogens is 1. The maximum atomic E-state index is 11.0. The van der Waals surface area contributed by atoms with Gasteiger partial charge >= 0.3 is 5.97 Å². The molecule has 19 heavy (non-hydrogen) atoms. The van der Waals surface area contributed by atoms with Gasteiger partial charge in [-0.15, -0.1) is 0 Å². The van der Waals surface area contributed by atoms with Crippen LogP contribution in [-0.4, -0.2) is 42.9 Å². The van der Waals surface area contributed by atoms with Gasteiger partial charge < -0.3 is 14.7 Å². The lowest BCUT2D eigenvalue weighted by Crippen LogP contribution is -2.30. The molecule has 1 aliphatic rings. The second-order valence-corrected chi connectivity index (χ2v) is 5.12. The number of aromatic carboxylic acids is 1. The molecule has 1 saturated heterocycles. The molecule has 0 amide bonds. The molecule has 0 saturated carbocycles. The number of rotatable bonds is 4. The first-order valence-corrected chi connectivity index (χ1v) is 6.64. The van der Waals surface area contributed by atoms with Crippen molar-refractivity contribution in [2.45, 2.75) is 12.8 Å². The van der Waals surface area contributed by atoms with E-state index in [1.165, 1.54) is 12.3 Å². The molecule has 6 heteroatoms. The van der Waals surface area contributed by atoms with E-state index in [0.717, 1.165) is 32.6 Å². The highest BCUT2D eigenvalue weighted by molar-refractivity contribution is 6.35. The summed E-state index contributed by atoms with van der Waals surface area (Å²) < 4.78 is 5.32. The summed E-state index contributed by atoms with van der Waals surface area (Å²) in [4.78, 5) is 17.1. The zero-order chi connectivity index (χ0) is 13.8. The summed E-state index contributed by atoms with van der Waals surface area (Å²) in [5.74, 6) is 0.0197. The summed E-state index contributed by atoms with van der Waals surface area (Å²) in [6.07, 6.45) is 3.51. The number of anilines is 1. The van der Waals surface area contributed by atoms with Crippen LogP contribution in [0.3, 0.4) is 0 Å². The zero-order valence-corrected chi connectivity index (χ0v) is 11.6. The van der Waals surface area contributed by atoms with Crippen molar-refractivity contribution < 1.29 is 14.6 Å². The van der Waals surface area contributed by atoms with Gasteiger partial charge in [0.1, 0.15) is 5.82 Å². The molecule has 1 fully saturated rings. The Hall–Kier alpha value is -1.33. The molecule has 0 bridgehead atoms. The normalized spacial score (nSPS) is 16.3. The molecule has 2 rings (SSSR count). The van der Waals surface area contributed by atoms with Crippen molar-refractivity contribution in [2.24, 2.45) is 5.92 Å². The van der Waals surface area contributed by atoms with Crippen molar-refractivity contribution in [2.75, 3.05) is 31.7 Å². The molecular weight excluding hydrogens is 268 g/mol. The Kier molecular flexibility index (Phi) is 4.61. The standard InChI is InChI=1S/C13H17ClN2O3/c1-16(8-9-3-6-19-7-4-9)12-11(14)10(13(17)18)2-5-15-12/h2,5,9H,3-4,6-8H2,1H3,(H,17,18). The van der Waals surface area contributed by atoms with E-state index >= 15 is 0 Å². The Morgan fingerprint density at radius 1 is 1.58 bits per heavy atom. The number of hydrogen-bond donors (Lipinski definition) is 1. The van der Waals surface area contributed by atoms with Gasteiger partial charge in [-0.05, 0) is 24.8 Å². The van der Waals surface area contributed by atoms with Gasteiger partial charge in [0.05, 0.1) is 10.6 Å². The minimum Gasteiger partial charge on any atom is -0.478 e. The predicted molar refractivity (Wildman–Crippen MR) is 73.0 cm³/mol. The van der Waals surface area contributed by atoms with E-state index in [1.54, 1.807) is 0 Å². The molecule has 1 aliphatic heterocycles. The molecule has 1 aromatic rings. The zero-order valence-electron chi connectivity index (χ0n) is 10.8. The van der Waals surface area contributed by atoms with Crippen LogP contribution in [0.2, 0.25) is 5.02 Å². The van der Waals surface area contributed by atoms with Gasteiger partial charge in [-0.25, -0.2) is 9.78 Å². The van der Waals surface area contributed by atoms with Gasteiger partial charge in [0.25, 0.3) is 0 Å². The van der Waals surface area contributed by atoms with Crippen LogP contribution in [0.15, 0.2) is 12.3 Å². The van der Waals surface area contributed by atoms with E-state index < -0.39 is 5.97 Å². The Labute approximate surface area is 117 Å². The van der Waals surface area contributed by atoms with E-state index in [0.29, 0.717) is 11.7 Å². The summed E-state index contributed by atoms with van der Waals surface area (Å²) in [6.45, 7) is 2.38. The molecule has 0 aromatic carbocycles. The minimum atomic E-state index is -1.03. The number of halogens is 1. The van der Waals surface area contributed by atoms with Crippen molar-refractivity contribution in [3.63, 3.8) is 0 Å². The van der Waals surface area contributed by atoms with E-state index in [4.69, 9.17) is 21.4 Å². The summed E-state index contributed by atoms with van der Waals surface area (Å²) >= 11 is 6.11. The first-order chi connectivity index (χ1) is 9.09. The van der Waals surface area contributed by atoms with Crippen LogP contribution in [0.5, 0.6) is 0 Å². The summed E-state index contributed by atoms with van der Waals surface area (Å²) in [5, 5.41) is 9.24. The number of hydrogen-bond acceptors (Lipinski definition) is 4. The molecule has 0 unspecified atom stereocenters. The Balaban J connectivity index is 2.12. The van der Waals surface area contributed by atoms with Gasteiger partial charge in [0.15, 0.2) is 0 Å². The molecule has 5 nitrogen and oxygen atoms in total. The summed E-state index contributed by atoms with van der Waals surface area (Å²) in [7, 11) is 1.88. The molecule has 0 spiro atoms. The molecule has 0 aliphatic carbocycles. The molecule has 1 aromatic heterocycles. The average Bonchev–Trinajstić information content (AvgIpc) is 2.39. The maximum absolute atomic E-state index is 11.0. The highest BCUT2D eigenvalue weighted by Gasteiger charge is 2.20. The van der Waals surface area contributed by atoms with E-state index in [2.05, 4.69) is 4.98 Å². The third-order valence-corrected chi connectivity index (χ3v) is 3.71. The lowest BCUT2D eigenvalue weighted by molar-refractivity contribution is 0.0685. The lowest BCUT2D eigenvalue weighted by Gasteiger charge is -2.28. The Morgan fingerprint density at radius 3 is 2.89 bits per heavy atom. The molecule has 2 heterocycles. The highest BCUT2D eigenvalue weighted by Crippen LogP contribution is 2.27. The summed E-state index contributed by atoms with van der Waals surface area (Å²) in [5.41, 5.74) is 0.0884. The van der Waals surface area contributed by atoms with Gasteiger partial charge in [0, 0.05) is 33.0 Å². The number of nitrogens with zero attached hydrogens (tertiary/aromatic N) is 2. The van der Waals surface area contributed by atoms with Crippen LogP contribution in [0.1, 0.15) is 23.2 Å². The predicted octanol–water partition coefficient (Wildman–Crippen LogP) is 2.30. The topological polar surface area (TPSA) is 62.7 Å². The van der Waals surface area contributed by atoms with Gasteiger partial charge in [0.2, 0.25) is 0 Å². The average molecular weight is 285 g/mol. The fourth-order valence-electron chi connectivity index (χ4n) is 2.27. The van der Waals surface area contributed by atoms with Gasteiger partial charge in [-0.2, -0.15) is 0 Å². The largest absolute Gasteiger partial charge is 0.478 e. The van der Waals surface area contributed by atoms with Crippen molar-refractivity contribution in [1.29, 1.82) is 0 Å². The quantitative estimate of drug-likeness (QED) is 0.919. The lowest BCUT2D eigenvalue weighted by atomic mass is 10.00. The summed E-state index contributed by atoms with van der Waals surface area (Å²) in [6, 6.07) is 1.41.